The Kier molecular flexibility index (Phi) is 19.8. The van der Waals surface area contributed by atoms with Crippen LogP contribution in [0.4, 0.5) is 0 Å². The fourth-order valence-electron chi connectivity index (χ4n) is 7.84. The van der Waals surface area contributed by atoms with Crippen LogP contribution in [0.25, 0.3) is 10.4 Å². The maximum Gasteiger partial charge on any atom is 0.309 e. The largest absolute Gasteiger partial charge is 0.469 e. The summed E-state index contributed by atoms with van der Waals surface area (Å²) < 4.78 is 17.0. The zero-order chi connectivity index (χ0) is 41.4. The Labute approximate surface area is 327 Å². The summed E-state index contributed by atoms with van der Waals surface area (Å²) in [5, 5.41) is 9.54. The van der Waals surface area contributed by atoms with Gasteiger partial charge in [-0.25, -0.2) is 0 Å². The third kappa shape index (κ3) is 12.7. The maximum atomic E-state index is 14.2. The van der Waals surface area contributed by atoms with E-state index in [9.17, 15) is 29.5 Å². The number of nitrogens with zero attached hydrogens (tertiary/aromatic N) is 5. The van der Waals surface area contributed by atoms with Crippen LogP contribution in [0.3, 0.4) is 0 Å². The molecule has 0 saturated carbocycles. The number of carbonyl (C=O) groups excluding carboxylic acids is 5. The van der Waals surface area contributed by atoms with Gasteiger partial charge in [0.05, 0.1) is 55.8 Å². The lowest BCUT2D eigenvalue weighted by atomic mass is 9.85. The fraction of sp³-hybridized carbons (Fsp3) is 0.725. The van der Waals surface area contributed by atoms with Gasteiger partial charge in [-0.15, -0.1) is 0 Å². The van der Waals surface area contributed by atoms with Crippen molar-refractivity contribution < 1.29 is 38.2 Å². The molecule has 0 aromatic heterocycles. The van der Waals surface area contributed by atoms with E-state index in [-0.39, 0.29) is 36.4 Å². The Bertz CT molecular complexity index is 1460. The van der Waals surface area contributed by atoms with Crippen LogP contribution < -0.4 is 10.6 Å². The number of amides is 3. The third-order valence-electron chi connectivity index (χ3n) is 11.2. The minimum absolute atomic E-state index is 0.0290. The van der Waals surface area contributed by atoms with E-state index < -0.39 is 72.0 Å². The molecule has 3 amide bonds. The van der Waals surface area contributed by atoms with Gasteiger partial charge in [0.1, 0.15) is 11.8 Å². The standard InChI is InChI=1S/C40H65N7O8/c1-12-25(4)36(46(8)39(51)35(27(6)44-45-41)43-38(50)34(42-7)24(2)3)32(53-9)23-33(49)47-20-16-19-30(47)37(54-10)26(5)31(48)22-29(40(52)55-11)21-28-17-14-13-15-18-28/h13-15,17-18,24-27,29-30,32,34-37,42H,12,16,19-23H2,1-11H3,(H,43,50)/t25-,26-,27-,29+,30-,32+,34-,35-,36-,37+/m0/s1. The second-order valence-electron chi connectivity index (χ2n) is 15.1. The first kappa shape index (κ1) is 47.1. The summed E-state index contributed by atoms with van der Waals surface area (Å²) >= 11 is 0. The van der Waals surface area contributed by atoms with E-state index in [1.807, 2.05) is 58.0 Å². The summed E-state index contributed by atoms with van der Waals surface area (Å²) in [4.78, 5) is 74.4. The Balaban J connectivity index is 2.32. The van der Waals surface area contributed by atoms with Gasteiger partial charge < -0.3 is 34.6 Å². The molecule has 1 aliphatic rings. The van der Waals surface area contributed by atoms with Crippen LogP contribution in [0.2, 0.25) is 0 Å². The zero-order valence-electron chi connectivity index (χ0n) is 34.7. The highest BCUT2D eigenvalue weighted by Crippen LogP contribution is 2.31. The molecule has 15 heteroatoms. The predicted octanol–water partition coefficient (Wildman–Crippen LogP) is 4.33. The molecule has 1 heterocycles. The summed E-state index contributed by atoms with van der Waals surface area (Å²) in [7, 11) is 7.62. The molecule has 55 heavy (non-hydrogen) atoms. The number of esters is 1. The normalized spacial score (nSPS) is 19.1. The molecular formula is C40H65N7O8. The van der Waals surface area contributed by atoms with Crippen molar-refractivity contribution in [3.63, 3.8) is 0 Å². The van der Waals surface area contributed by atoms with Gasteiger partial charge in [0, 0.05) is 45.1 Å². The molecule has 1 aromatic rings. The van der Waals surface area contributed by atoms with E-state index in [1.165, 1.54) is 26.2 Å². The van der Waals surface area contributed by atoms with Gasteiger partial charge in [0.2, 0.25) is 17.7 Å². The average molecular weight is 772 g/mol. The number of nitrogens with one attached hydrogen (secondary N) is 2. The Morgan fingerprint density at radius 3 is 2.18 bits per heavy atom. The highest BCUT2D eigenvalue weighted by molar-refractivity contribution is 5.91. The molecular weight excluding hydrogens is 706 g/mol. The lowest BCUT2D eigenvalue weighted by Gasteiger charge is -2.41. The number of hydrogen-bond acceptors (Lipinski definition) is 10. The predicted molar refractivity (Wildman–Crippen MR) is 210 cm³/mol. The van der Waals surface area contributed by atoms with Crippen LogP contribution in [0.5, 0.6) is 0 Å². The number of likely N-dealkylation sites (N-methyl/N-ethyl adjacent to an activating group) is 2. The van der Waals surface area contributed by atoms with Crippen molar-refractivity contribution in [2.75, 3.05) is 42.0 Å². The van der Waals surface area contributed by atoms with Gasteiger partial charge in [-0.05, 0) is 49.2 Å². The molecule has 1 aromatic carbocycles. The highest BCUT2D eigenvalue weighted by Gasteiger charge is 2.43. The molecule has 1 fully saturated rings. The number of Topliss-reactive ketones (excluding diaryl/α,β-unsaturated/α-hetero) is 1. The van der Waals surface area contributed by atoms with Crippen molar-refractivity contribution in [3.05, 3.63) is 46.3 Å². The van der Waals surface area contributed by atoms with E-state index in [0.717, 1.165) is 5.56 Å². The van der Waals surface area contributed by atoms with E-state index in [4.69, 9.17) is 14.2 Å². The summed E-state index contributed by atoms with van der Waals surface area (Å²) in [6, 6.07) is 5.82. The third-order valence-corrected chi connectivity index (χ3v) is 11.2. The number of likely N-dealkylation sites (tertiary alicyclic amines) is 1. The van der Waals surface area contributed by atoms with Gasteiger partial charge in [0.15, 0.2) is 0 Å². The van der Waals surface area contributed by atoms with Crippen molar-refractivity contribution in [2.24, 2.45) is 28.8 Å². The van der Waals surface area contributed by atoms with Gasteiger partial charge in [-0.1, -0.05) is 83.4 Å². The van der Waals surface area contributed by atoms with Crippen molar-refractivity contribution in [1.29, 1.82) is 0 Å². The second-order valence-corrected chi connectivity index (χ2v) is 15.1. The van der Waals surface area contributed by atoms with Crippen LogP contribution in [0, 0.1) is 23.7 Å². The minimum atomic E-state index is -1.17. The van der Waals surface area contributed by atoms with Crippen LogP contribution in [0.15, 0.2) is 35.4 Å². The molecule has 1 saturated heterocycles. The number of azide groups is 1. The van der Waals surface area contributed by atoms with E-state index >= 15 is 0 Å². The number of hydrogen-bond donors (Lipinski definition) is 2. The molecule has 0 unspecified atom stereocenters. The molecule has 15 nitrogen and oxygen atoms in total. The molecule has 2 N–H and O–H groups in total. The topological polar surface area (TPSA) is 192 Å². The van der Waals surface area contributed by atoms with Gasteiger partial charge in [-0.2, -0.15) is 0 Å². The van der Waals surface area contributed by atoms with Crippen molar-refractivity contribution in [3.8, 4) is 0 Å². The summed E-state index contributed by atoms with van der Waals surface area (Å²) in [6.07, 6.45) is 0.908. The Hall–Kier alpha value is -4.04. The number of rotatable bonds is 23. The quantitative estimate of drug-likeness (QED) is 0.0706. The molecule has 308 valence electrons. The second kappa shape index (κ2) is 23.1. The summed E-state index contributed by atoms with van der Waals surface area (Å²) in [6.45, 7) is 11.5. The van der Waals surface area contributed by atoms with Crippen LogP contribution in [0.1, 0.15) is 79.2 Å². The number of methoxy groups -OCH3 is 3. The number of ketones is 1. The Morgan fingerprint density at radius 2 is 1.65 bits per heavy atom. The van der Waals surface area contributed by atoms with Gasteiger partial charge in [0.25, 0.3) is 0 Å². The fourth-order valence-corrected chi connectivity index (χ4v) is 7.84. The van der Waals surface area contributed by atoms with E-state index in [2.05, 4.69) is 20.7 Å². The van der Waals surface area contributed by atoms with E-state index in [1.54, 1.807) is 32.8 Å². The Morgan fingerprint density at radius 1 is 1.00 bits per heavy atom. The number of ether oxygens (including phenoxy) is 3. The smallest absolute Gasteiger partial charge is 0.309 e. The minimum Gasteiger partial charge on any atom is -0.469 e. The molecule has 10 atom stereocenters. The van der Waals surface area contributed by atoms with Crippen LogP contribution in [-0.4, -0.2) is 124 Å². The first-order chi connectivity index (χ1) is 26.1. The molecule has 0 bridgehead atoms. The monoisotopic (exact) mass is 771 g/mol. The lowest BCUT2D eigenvalue weighted by Crippen LogP contribution is -2.60. The summed E-state index contributed by atoms with van der Waals surface area (Å²) in [5.74, 6) is -3.19. The number of benzene rings is 1. The van der Waals surface area contributed by atoms with Crippen molar-refractivity contribution >= 4 is 29.5 Å². The van der Waals surface area contributed by atoms with E-state index in [0.29, 0.717) is 32.2 Å². The van der Waals surface area contributed by atoms with Crippen molar-refractivity contribution in [2.45, 2.75) is 122 Å². The highest BCUT2D eigenvalue weighted by atomic mass is 16.5. The van der Waals surface area contributed by atoms with Crippen LogP contribution in [-0.2, 0) is 44.6 Å². The molecule has 1 aliphatic heterocycles. The molecule has 0 radical (unpaired) electrons. The zero-order valence-corrected chi connectivity index (χ0v) is 34.7. The molecule has 2 rings (SSSR count). The van der Waals surface area contributed by atoms with Gasteiger partial charge in [-0.3, -0.25) is 24.0 Å². The van der Waals surface area contributed by atoms with Crippen LogP contribution >= 0.6 is 0 Å². The lowest BCUT2D eigenvalue weighted by molar-refractivity contribution is -0.149. The number of carbonyl (C=O) groups is 5. The van der Waals surface area contributed by atoms with Gasteiger partial charge >= 0.3 is 5.97 Å². The first-order valence-electron chi connectivity index (χ1n) is 19.4. The average Bonchev–Trinajstić information content (AvgIpc) is 3.66. The van der Waals surface area contributed by atoms with Crippen molar-refractivity contribution in [1.82, 2.24) is 20.4 Å². The molecule has 0 spiro atoms. The first-order valence-corrected chi connectivity index (χ1v) is 19.4. The molecule has 0 aliphatic carbocycles. The maximum absolute atomic E-state index is 14.2. The summed E-state index contributed by atoms with van der Waals surface area (Å²) in [5.41, 5.74) is 10.1. The SMILES string of the molecule is CC[C@H](C)[C@@H]([C@@H](CC(=O)N1CCC[C@H]1[C@H](OC)[C@@H](C)C(=O)C[C@@H](Cc1ccccc1)C(=O)OC)OC)N(C)C(=O)[C@@H](NC(=O)[C@@H](NC)C(C)C)[C@H](C)N=[N+]=[N-].